The maximum absolute atomic E-state index is 3.28. The van der Waals surface area contributed by atoms with Crippen LogP contribution >= 0.6 is 0 Å². The van der Waals surface area contributed by atoms with Crippen molar-refractivity contribution in [2.45, 2.75) is 52.5 Å². The molecule has 0 radical (unpaired) electrons. The number of unbranched alkanes of at least 4 members (excludes halogenated alkanes) is 1. The SMILES string of the molecule is CNC(C)CCCCN(C)CCC(C)C. The number of hydrogen-bond donors (Lipinski definition) is 1. The summed E-state index contributed by atoms with van der Waals surface area (Å²) < 4.78 is 0. The molecular weight excluding hydrogens is 184 g/mol. The lowest BCUT2D eigenvalue weighted by Gasteiger charge is -2.18. The van der Waals surface area contributed by atoms with Crippen molar-refractivity contribution >= 4 is 0 Å². The molecule has 2 heteroatoms. The van der Waals surface area contributed by atoms with Gasteiger partial charge in [0.15, 0.2) is 0 Å². The second-order valence-electron chi connectivity index (χ2n) is 5.17. The van der Waals surface area contributed by atoms with Gasteiger partial charge < -0.3 is 10.2 Å². The fourth-order valence-electron chi connectivity index (χ4n) is 1.57. The highest BCUT2D eigenvalue weighted by atomic mass is 15.1. The maximum Gasteiger partial charge on any atom is 0.00357 e. The van der Waals surface area contributed by atoms with Gasteiger partial charge >= 0.3 is 0 Å². The van der Waals surface area contributed by atoms with E-state index in [1.54, 1.807) is 0 Å². The summed E-state index contributed by atoms with van der Waals surface area (Å²) in [6, 6.07) is 0.672. The minimum Gasteiger partial charge on any atom is -0.317 e. The van der Waals surface area contributed by atoms with Gasteiger partial charge in [0.1, 0.15) is 0 Å². The molecule has 15 heavy (non-hydrogen) atoms. The molecule has 0 aliphatic heterocycles. The molecule has 0 amide bonds. The molecule has 1 unspecified atom stereocenters. The van der Waals surface area contributed by atoms with Gasteiger partial charge in [0.05, 0.1) is 0 Å². The Kier molecular flexibility index (Phi) is 9.12. The summed E-state index contributed by atoms with van der Waals surface area (Å²) in [5, 5.41) is 3.28. The quantitative estimate of drug-likeness (QED) is 0.594. The zero-order valence-corrected chi connectivity index (χ0v) is 11.3. The Bertz CT molecular complexity index is 134. The Morgan fingerprint density at radius 1 is 1.00 bits per heavy atom. The van der Waals surface area contributed by atoms with E-state index in [1.807, 2.05) is 7.05 Å². The van der Waals surface area contributed by atoms with Crippen LogP contribution in [0.25, 0.3) is 0 Å². The van der Waals surface area contributed by atoms with Crippen molar-refractivity contribution in [3.8, 4) is 0 Å². The molecule has 0 aromatic carbocycles. The highest BCUT2D eigenvalue weighted by Crippen LogP contribution is 2.04. The monoisotopic (exact) mass is 214 g/mol. The first-order valence-electron chi connectivity index (χ1n) is 6.42. The molecule has 0 fully saturated rings. The first-order chi connectivity index (χ1) is 7.06. The predicted octanol–water partition coefficient (Wildman–Crippen LogP) is 2.74. The standard InChI is InChI=1S/C13H30N2/c1-12(2)9-11-15(5)10-7-6-8-13(3)14-4/h12-14H,6-11H2,1-5H3. The number of hydrogen-bond acceptors (Lipinski definition) is 2. The number of nitrogens with zero attached hydrogens (tertiary/aromatic N) is 1. The molecule has 0 aromatic rings. The molecule has 0 saturated carbocycles. The van der Waals surface area contributed by atoms with Crippen LogP contribution in [-0.2, 0) is 0 Å². The van der Waals surface area contributed by atoms with Gasteiger partial charge in [0, 0.05) is 6.04 Å². The summed E-state index contributed by atoms with van der Waals surface area (Å²) in [6.45, 7) is 9.34. The summed E-state index contributed by atoms with van der Waals surface area (Å²) >= 11 is 0. The van der Waals surface area contributed by atoms with Crippen LogP contribution in [0.3, 0.4) is 0 Å². The van der Waals surface area contributed by atoms with Crippen LogP contribution in [-0.4, -0.2) is 38.1 Å². The van der Waals surface area contributed by atoms with Gasteiger partial charge in [0.2, 0.25) is 0 Å². The Morgan fingerprint density at radius 2 is 1.67 bits per heavy atom. The molecule has 0 aliphatic carbocycles. The average molecular weight is 214 g/mol. The van der Waals surface area contributed by atoms with Crippen LogP contribution in [0.4, 0.5) is 0 Å². The lowest BCUT2D eigenvalue weighted by molar-refractivity contribution is 0.301. The van der Waals surface area contributed by atoms with Crippen molar-refractivity contribution < 1.29 is 0 Å². The van der Waals surface area contributed by atoms with E-state index < -0.39 is 0 Å². The highest BCUT2D eigenvalue weighted by Gasteiger charge is 2.01. The van der Waals surface area contributed by atoms with E-state index in [9.17, 15) is 0 Å². The van der Waals surface area contributed by atoms with Gasteiger partial charge in [-0.25, -0.2) is 0 Å². The topological polar surface area (TPSA) is 15.3 Å². The van der Waals surface area contributed by atoms with Crippen LogP contribution < -0.4 is 5.32 Å². The van der Waals surface area contributed by atoms with Crippen LogP contribution in [0.1, 0.15) is 46.5 Å². The van der Waals surface area contributed by atoms with Crippen molar-refractivity contribution in [2.24, 2.45) is 5.92 Å². The third kappa shape index (κ3) is 10.2. The lowest BCUT2D eigenvalue weighted by Crippen LogP contribution is -2.23. The van der Waals surface area contributed by atoms with Gasteiger partial charge in [-0.05, 0) is 59.3 Å². The molecule has 0 spiro atoms. The summed E-state index contributed by atoms with van der Waals surface area (Å²) in [5.41, 5.74) is 0. The van der Waals surface area contributed by atoms with Crippen LogP contribution in [0, 0.1) is 5.92 Å². The van der Waals surface area contributed by atoms with Crippen molar-refractivity contribution in [3.05, 3.63) is 0 Å². The van der Waals surface area contributed by atoms with E-state index in [4.69, 9.17) is 0 Å². The molecule has 2 nitrogen and oxygen atoms in total. The molecule has 0 heterocycles. The van der Waals surface area contributed by atoms with Crippen LogP contribution in [0.15, 0.2) is 0 Å². The lowest BCUT2D eigenvalue weighted by atomic mass is 10.1. The van der Waals surface area contributed by atoms with E-state index in [0.29, 0.717) is 6.04 Å². The molecule has 0 aliphatic rings. The predicted molar refractivity (Wildman–Crippen MR) is 69.3 cm³/mol. The van der Waals surface area contributed by atoms with Crippen molar-refractivity contribution in [1.29, 1.82) is 0 Å². The van der Waals surface area contributed by atoms with E-state index in [2.05, 4.69) is 38.0 Å². The van der Waals surface area contributed by atoms with Gasteiger partial charge in [0.25, 0.3) is 0 Å². The molecule has 0 bridgehead atoms. The van der Waals surface area contributed by atoms with Crippen molar-refractivity contribution in [1.82, 2.24) is 10.2 Å². The largest absolute Gasteiger partial charge is 0.317 e. The van der Waals surface area contributed by atoms with Crippen LogP contribution in [0.2, 0.25) is 0 Å². The molecule has 1 N–H and O–H groups in total. The summed E-state index contributed by atoms with van der Waals surface area (Å²) in [6.07, 6.45) is 5.30. The van der Waals surface area contributed by atoms with Crippen molar-refractivity contribution in [2.75, 3.05) is 27.2 Å². The van der Waals surface area contributed by atoms with Gasteiger partial charge in [-0.3, -0.25) is 0 Å². The molecular formula is C13H30N2. The van der Waals surface area contributed by atoms with E-state index in [1.165, 1.54) is 38.8 Å². The van der Waals surface area contributed by atoms with E-state index >= 15 is 0 Å². The Labute approximate surface area is 96.4 Å². The Hall–Kier alpha value is -0.0800. The molecule has 0 rings (SSSR count). The van der Waals surface area contributed by atoms with Crippen molar-refractivity contribution in [3.63, 3.8) is 0 Å². The number of rotatable bonds is 9. The highest BCUT2D eigenvalue weighted by molar-refractivity contribution is 4.59. The second kappa shape index (κ2) is 9.17. The second-order valence-corrected chi connectivity index (χ2v) is 5.17. The normalized spacial score (nSPS) is 13.8. The molecule has 0 saturated heterocycles. The summed E-state index contributed by atoms with van der Waals surface area (Å²) in [4.78, 5) is 2.46. The summed E-state index contributed by atoms with van der Waals surface area (Å²) in [7, 11) is 4.28. The third-order valence-corrected chi connectivity index (χ3v) is 3.01. The first-order valence-corrected chi connectivity index (χ1v) is 6.42. The maximum atomic E-state index is 3.28. The summed E-state index contributed by atoms with van der Waals surface area (Å²) in [5.74, 6) is 0.830. The smallest absolute Gasteiger partial charge is 0.00357 e. The Balaban J connectivity index is 3.27. The van der Waals surface area contributed by atoms with Gasteiger partial charge in [-0.15, -0.1) is 0 Å². The van der Waals surface area contributed by atoms with E-state index in [0.717, 1.165) is 5.92 Å². The zero-order chi connectivity index (χ0) is 11.7. The molecule has 0 aromatic heterocycles. The third-order valence-electron chi connectivity index (χ3n) is 3.01. The van der Waals surface area contributed by atoms with E-state index in [-0.39, 0.29) is 0 Å². The van der Waals surface area contributed by atoms with Gasteiger partial charge in [-0.2, -0.15) is 0 Å². The fraction of sp³-hybridized carbons (Fsp3) is 1.00. The Morgan fingerprint density at radius 3 is 2.20 bits per heavy atom. The fourth-order valence-corrected chi connectivity index (χ4v) is 1.57. The minimum absolute atomic E-state index is 0.672. The van der Waals surface area contributed by atoms with Gasteiger partial charge in [-0.1, -0.05) is 20.3 Å². The average Bonchev–Trinajstić information content (AvgIpc) is 2.21. The number of nitrogens with one attached hydrogen (secondary N) is 1. The molecule has 92 valence electrons. The minimum atomic E-state index is 0.672. The first kappa shape index (κ1) is 14.9. The van der Waals surface area contributed by atoms with Crippen LogP contribution in [0.5, 0.6) is 0 Å². The molecule has 1 atom stereocenters. The zero-order valence-electron chi connectivity index (χ0n) is 11.3.